The number of unbranched alkanes of at least 4 members (excludes halogenated alkanes) is 5. The summed E-state index contributed by atoms with van der Waals surface area (Å²) in [5.74, 6) is 4.49. The molecule has 5 rings (SSSR count). The van der Waals surface area contributed by atoms with Gasteiger partial charge >= 0.3 is 5.97 Å². The molecule has 4 fully saturated rings. The molecule has 1 heterocycles. The van der Waals surface area contributed by atoms with E-state index in [9.17, 15) is 20.1 Å². The van der Waals surface area contributed by atoms with E-state index in [-0.39, 0.29) is 24.1 Å². The minimum atomic E-state index is -1.46. The number of fused-ring (bicyclic) bond motifs is 5. The fourth-order valence-electron chi connectivity index (χ4n) is 12.4. The molecule has 366 valence electrons. The van der Waals surface area contributed by atoms with Crippen LogP contribution in [0.2, 0.25) is 0 Å². The summed E-state index contributed by atoms with van der Waals surface area (Å²) in [4.78, 5) is 12.7. The van der Waals surface area contributed by atoms with Crippen LogP contribution in [0.3, 0.4) is 0 Å². The topological polar surface area (TPSA) is 105 Å². The van der Waals surface area contributed by atoms with Crippen molar-refractivity contribution in [3.05, 3.63) is 84.6 Å². The molecule has 0 aromatic heterocycles. The molecule has 0 spiro atoms. The third-order valence-electron chi connectivity index (χ3n) is 16.8. The highest BCUT2D eigenvalue weighted by molar-refractivity contribution is 5.69. The number of aliphatic hydroxyl groups excluding tert-OH is 3. The second-order valence-electron chi connectivity index (χ2n) is 21.5. The molecule has 3 N–H and O–H groups in total. The number of aliphatic hydroxyl groups is 3. The predicted molar refractivity (Wildman–Crippen MR) is 267 cm³/mol. The Bertz CT molecular complexity index is 1640. The molecule has 7 heteroatoms. The highest BCUT2D eigenvalue weighted by atomic mass is 16.7. The summed E-state index contributed by atoms with van der Waals surface area (Å²) in [7, 11) is 0. The van der Waals surface area contributed by atoms with Gasteiger partial charge in [-0.1, -0.05) is 152 Å². The van der Waals surface area contributed by atoms with Crippen molar-refractivity contribution >= 4 is 5.97 Å². The molecule has 4 aliphatic carbocycles. The number of carbonyl (C=O) groups is 1. The van der Waals surface area contributed by atoms with Crippen molar-refractivity contribution in [2.24, 2.45) is 52.3 Å². The Kier molecular flexibility index (Phi) is 22.1. The van der Waals surface area contributed by atoms with E-state index in [2.05, 4.69) is 127 Å². The minimum Gasteiger partial charge on any atom is -0.463 e. The number of carbonyl (C=O) groups excluding carboxylic acids is 1. The lowest BCUT2D eigenvalue weighted by molar-refractivity contribution is -0.313. The lowest BCUT2D eigenvalue weighted by Crippen LogP contribution is -2.60. The first kappa shape index (κ1) is 53.4. The Morgan fingerprint density at radius 1 is 0.754 bits per heavy atom. The summed E-state index contributed by atoms with van der Waals surface area (Å²) in [5, 5.41) is 32.6. The quantitative estimate of drug-likeness (QED) is 0.0476. The van der Waals surface area contributed by atoms with Crippen LogP contribution in [-0.2, 0) is 19.0 Å². The zero-order chi connectivity index (χ0) is 46.8. The largest absolute Gasteiger partial charge is 0.463 e. The van der Waals surface area contributed by atoms with E-state index in [1.54, 1.807) is 0 Å². The first-order valence-electron chi connectivity index (χ1n) is 26.4. The molecular weight excluding hydrogens is 809 g/mol. The van der Waals surface area contributed by atoms with E-state index in [0.29, 0.717) is 35.5 Å². The highest BCUT2D eigenvalue weighted by Gasteiger charge is 2.59. The maximum absolute atomic E-state index is 12.7. The molecule has 14 unspecified atom stereocenters. The Hall–Kier alpha value is -2.55. The molecular formula is C58H92O7. The molecule has 3 saturated carbocycles. The van der Waals surface area contributed by atoms with Crippen molar-refractivity contribution in [1.29, 1.82) is 0 Å². The number of hydrogen-bond acceptors (Lipinski definition) is 7. The Balaban J connectivity index is 0.968. The maximum Gasteiger partial charge on any atom is 0.305 e. The monoisotopic (exact) mass is 901 g/mol. The van der Waals surface area contributed by atoms with Crippen molar-refractivity contribution in [2.45, 2.75) is 214 Å². The van der Waals surface area contributed by atoms with E-state index in [4.69, 9.17) is 14.2 Å². The molecule has 0 bridgehead atoms. The standard InChI is InChI=1S/C58H92O7/c1-8-9-10-11-12-13-14-15-16-17-18-19-20-21-22-23-24-25-26-27-28-29-52(59)63-41-51-53(60)54(61)55(62)56(65-51)64-46-36-38-57(6)45(40-46)32-33-47-49-35-34-48(58(49,7)39-37-50(47)57)44(5)31-30-43(4)42(2)3/h9-10,12-13,15-16,18-19,21-22,30-32,42-44,46-51,53-56,60-62H,8,11,14,17,20,23-29,33-41H2,1-7H3/b10-9-,13-12-,16-15-,19-18-,22-21-,31-30+. The van der Waals surface area contributed by atoms with Crippen LogP contribution in [0, 0.1) is 52.3 Å². The first-order chi connectivity index (χ1) is 31.3. The van der Waals surface area contributed by atoms with Crippen molar-refractivity contribution in [2.75, 3.05) is 6.61 Å². The highest BCUT2D eigenvalue weighted by Crippen LogP contribution is 2.67. The average molecular weight is 901 g/mol. The van der Waals surface area contributed by atoms with Gasteiger partial charge in [-0.25, -0.2) is 0 Å². The van der Waals surface area contributed by atoms with E-state index in [0.717, 1.165) is 114 Å². The number of ether oxygens (including phenoxy) is 3. The molecule has 7 nitrogen and oxygen atoms in total. The van der Waals surface area contributed by atoms with Crippen LogP contribution in [0.4, 0.5) is 0 Å². The molecule has 5 aliphatic rings. The van der Waals surface area contributed by atoms with Gasteiger partial charge in [-0.2, -0.15) is 0 Å². The first-order valence-corrected chi connectivity index (χ1v) is 26.4. The normalized spacial score (nSPS) is 35.2. The molecule has 14 atom stereocenters. The van der Waals surface area contributed by atoms with Gasteiger partial charge in [0, 0.05) is 6.42 Å². The van der Waals surface area contributed by atoms with Crippen molar-refractivity contribution < 1.29 is 34.3 Å². The van der Waals surface area contributed by atoms with Gasteiger partial charge in [-0.05, 0) is 155 Å². The average Bonchev–Trinajstić information content (AvgIpc) is 3.65. The van der Waals surface area contributed by atoms with Crippen molar-refractivity contribution in [3.8, 4) is 0 Å². The van der Waals surface area contributed by atoms with Crippen molar-refractivity contribution in [3.63, 3.8) is 0 Å². The fourth-order valence-corrected chi connectivity index (χ4v) is 12.4. The van der Waals surface area contributed by atoms with Crippen LogP contribution in [0.15, 0.2) is 84.6 Å². The van der Waals surface area contributed by atoms with Crippen LogP contribution in [0.1, 0.15) is 177 Å². The van der Waals surface area contributed by atoms with Gasteiger partial charge < -0.3 is 29.5 Å². The molecule has 0 aromatic carbocycles. The van der Waals surface area contributed by atoms with Gasteiger partial charge in [0.1, 0.15) is 31.0 Å². The third-order valence-corrected chi connectivity index (χ3v) is 16.8. The zero-order valence-corrected chi connectivity index (χ0v) is 41.8. The number of esters is 1. The van der Waals surface area contributed by atoms with Gasteiger partial charge in [-0.15, -0.1) is 0 Å². The van der Waals surface area contributed by atoms with Crippen LogP contribution in [0.25, 0.3) is 0 Å². The molecule has 1 aliphatic heterocycles. The summed E-state index contributed by atoms with van der Waals surface area (Å²) in [6, 6.07) is 0. The molecule has 0 amide bonds. The molecule has 65 heavy (non-hydrogen) atoms. The van der Waals surface area contributed by atoms with Crippen LogP contribution >= 0.6 is 0 Å². The fraction of sp³-hybridized carbons (Fsp3) is 0.741. The van der Waals surface area contributed by atoms with E-state index >= 15 is 0 Å². The van der Waals surface area contributed by atoms with Gasteiger partial charge in [-0.3, -0.25) is 4.79 Å². The summed E-state index contributed by atoms with van der Waals surface area (Å²) >= 11 is 0. The minimum absolute atomic E-state index is 0.149. The summed E-state index contributed by atoms with van der Waals surface area (Å²) in [5.41, 5.74) is 2.03. The molecule has 0 aromatic rings. The third kappa shape index (κ3) is 15.0. The lowest BCUT2D eigenvalue weighted by atomic mass is 9.47. The number of rotatable bonds is 25. The van der Waals surface area contributed by atoms with Crippen LogP contribution in [0.5, 0.6) is 0 Å². The van der Waals surface area contributed by atoms with Crippen LogP contribution in [-0.4, -0.2) is 64.7 Å². The Morgan fingerprint density at radius 2 is 1.40 bits per heavy atom. The predicted octanol–water partition coefficient (Wildman–Crippen LogP) is 13.3. The van der Waals surface area contributed by atoms with Gasteiger partial charge in [0.05, 0.1) is 6.10 Å². The zero-order valence-electron chi connectivity index (χ0n) is 41.8. The summed E-state index contributed by atoms with van der Waals surface area (Å²) in [6.07, 6.45) is 43.8. The number of hydrogen-bond donors (Lipinski definition) is 3. The second kappa shape index (κ2) is 26.9. The number of allylic oxidation sites excluding steroid dienone is 13. The Labute approximate surface area is 396 Å². The summed E-state index contributed by atoms with van der Waals surface area (Å²) < 4.78 is 18.0. The van der Waals surface area contributed by atoms with Gasteiger partial charge in [0.15, 0.2) is 6.29 Å². The van der Waals surface area contributed by atoms with E-state index in [1.165, 1.54) is 31.3 Å². The second-order valence-corrected chi connectivity index (χ2v) is 21.5. The van der Waals surface area contributed by atoms with Crippen LogP contribution < -0.4 is 0 Å². The molecule has 1 saturated heterocycles. The van der Waals surface area contributed by atoms with E-state index in [1.807, 2.05) is 0 Å². The SMILES string of the molecule is CC/C=C\C/C=C\C/C=C\C/C=C\C/C=C\CCCCCCCC(=O)OCC1OC(OC2CCC3(C)C(=CCC4C3CCC3(C)C(C(C)/C=C/C(C)C(C)C)CCC43)C2)C(O)C(O)C1O. The lowest BCUT2D eigenvalue weighted by Gasteiger charge is -2.58. The van der Waals surface area contributed by atoms with Crippen molar-refractivity contribution in [1.82, 2.24) is 0 Å². The maximum atomic E-state index is 12.7. The Morgan fingerprint density at radius 3 is 2.08 bits per heavy atom. The summed E-state index contributed by atoms with van der Waals surface area (Å²) in [6.45, 7) is 16.5. The van der Waals surface area contributed by atoms with Gasteiger partial charge in [0.2, 0.25) is 0 Å². The van der Waals surface area contributed by atoms with E-state index < -0.39 is 30.7 Å². The van der Waals surface area contributed by atoms with Gasteiger partial charge in [0.25, 0.3) is 0 Å². The molecule has 0 radical (unpaired) electrons. The smallest absolute Gasteiger partial charge is 0.305 e.